The second-order valence-corrected chi connectivity index (χ2v) is 4.28. The highest BCUT2D eigenvalue weighted by molar-refractivity contribution is 5.92. The first-order valence-corrected chi connectivity index (χ1v) is 5.92. The van der Waals surface area contributed by atoms with Gasteiger partial charge in [-0.3, -0.25) is 0 Å². The van der Waals surface area contributed by atoms with Crippen molar-refractivity contribution >= 4 is 16.7 Å². The number of benzene rings is 1. The van der Waals surface area contributed by atoms with Crippen molar-refractivity contribution in [2.24, 2.45) is 0 Å². The molecule has 0 aliphatic rings. The first kappa shape index (κ1) is 12.6. The van der Waals surface area contributed by atoms with E-state index < -0.39 is 0 Å². The minimum absolute atomic E-state index is 0.302. The van der Waals surface area contributed by atoms with E-state index in [-0.39, 0.29) is 0 Å². The zero-order valence-corrected chi connectivity index (χ0v) is 10.9. The molecule has 0 saturated heterocycles. The van der Waals surface area contributed by atoms with Gasteiger partial charge in [0.25, 0.3) is 0 Å². The van der Waals surface area contributed by atoms with Crippen molar-refractivity contribution in [2.45, 2.75) is 19.4 Å². The van der Waals surface area contributed by atoms with E-state index in [2.05, 4.69) is 22.2 Å². The van der Waals surface area contributed by atoms with Crippen LogP contribution in [-0.4, -0.2) is 30.2 Å². The van der Waals surface area contributed by atoms with Crippen LogP contribution in [0.3, 0.4) is 0 Å². The number of aromatic nitrogens is 2. The number of likely N-dealkylation sites (N-methyl/N-ethyl adjacent to an activating group) is 1. The maximum Gasteiger partial charge on any atom is 0.145 e. The van der Waals surface area contributed by atoms with E-state index in [1.165, 1.54) is 0 Å². The lowest BCUT2D eigenvalue weighted by atomic mass is 10.2. The summed E-state index contributed by atoms with van der Waals surface area (Å²) in [5.41, 5.74) is 6.74. The van der Waals surface area contributed by atoms with Crippen LogP contribution in [0.4, 0.5) is 5.82 Å². The van der Waals surface area contributed by atoms with Crippen LogP contribution < -0.4 is 15.8 Å². The van der Waals surface area contributed by atoms with Crippen LogP contribution in [-0.2, 0) is 6.42 Å². The number of para-hydroxylation sites is 1. The minimum Gasteiger partial charge on any atom is -0.494 e. The highest BCUT2D eigenvalue weighted by Crippen LogP contribution is 2.26. The number of nitrogen functional groups attached to an aromatic ring is 1. The van der Waals surface area contributed by atoms with Gasteiger partial charge >= 0.3 is 0 Å². The molecule has 96 valence electrons. The summed E-state index contributed by atoms with van der Waals surface area (Å²) in [6.45, 7) is 2.08. The molecule has 1 aromatic heterocycles. The zero-order chi connectivity index (χ0) is 13.1. The van der Waals surface area contributed by atoms with Crippen LogP contribution in [0.15, 0.2) is 18.2 Å². The van der Waals surface area contributed by atoms with Crippen LogP contribution in [0.25, 0.3) is 10.9 Å². The molecule has 18 heavy (non-hydrogen) atoms. The molecule has 5 nitrogen and oxygen atoms in total. The third-order valence-corrected chi connectivity index (χ3v) is 2.97. The Labute approximate surface area is 106 Å². The van der Waals surface area contributed by atoms with Gasteiger partial charge in [-0.2, -0.15) is 0 Å². The first-order valence-electron chi connectivity index (χ1n) is 5.92. The quantitative estimate of drug-likeness (QED) is 0.852. The van der Waals surface area contributed by atoms with Crippen molar-refractivity contribution in [3.63, 3.8) is 0 Å². The Hall–Kier alpha value is -1.88. The Morgan fingerprint density at radius 1 is 1.39 bits per heavy atom. The number of nitrogens with zero attached hydrogens (tertiary/aromatic N) is 2. The first-order chi connectivity index (χ1) is 8.65. The highest BCUT2D eigenvalue weighted by atomic mass is 16.5. The Bertz CT molecular complexity index is 556. The van der Waals surface area contributed by atoms with Gasteiger partial charge in [-0.1, -0.05) is 6.07 Å². The second-order valence-electron chi connectivity index (χ2n) is 4.28. The number of fused-ring (bicyclic) bond motifs is 1. The van der Waals surface area contributed by atoms with E-state index in [4.69, 9.17) is 10.5 Å². The van der Waals surface area contributed by atoms with E-state index in [0.717, 1.165) is 28.9 Å². The number of hydrogen-bond donors (Lipinski definition) is 2. The van der Waals surface area contributed by atoms with Crippen LogP contribution >= 0.6 is 0 Å². The summed E-state index contributed by atoms with van der Waals surface area (Å²) in [7, 11) is 3.54. The molecule has 3 N–H and O–H groups in total. The molecule has 2 rings (SSSR count). The van der Waals surface area contributed by atoms with Gasteiger partial charge in [0.2, 0.25) is 0 Å². The molecular formula is C13H18N4O. The minimum atomic E-state index is 0.302. The summed E-state index contributed by atoms with van der Waals surface area (Å²) in [6.07, 6.45) is 0.731. The SMILES string of the molecule is CNC(C)Cc1nc(N)c2cccc(OC)c2n1. The average Bonchev–Trinajstić information content (AvgIpc) is 2.38. The number of nitrogens with two attached hydrogens (primary N) is 1. The monoisotopic (exact) mass is 246 g/mol. The molecule has 0 aliphatic carbocycles. The molecule has 1 atom stereocenters. The van der Waals surface area contributed by atoms with E-state index in [1.54, 1.807) is 7.11 Å². The van der Waals surface area contributed by atoms with Gasteiger partial charge in [0.15, 0.2) is 0 Å². The molecule has 0 aliphatic heterocycles. The lowest BCUT2D eigenvalue weighted by molar-refractivity contribution is 0.418. The molecule has 0 spiro atoms. The molecular weight excluding hydrogens is 228 g/mol. The molecule has 5 heteroatoms. The third-order valence-electron chi connectivity index (χ3n) is 2.97. The van der Waals surface area contributed by atoms with Crippen molar-refractivity contribution < 1.29 is 4.74 Å². The normalized spacial score (nSPS) is 12.6. The molecule has 1 aromatic carbocycles. The smallest absolute Gasteiger partial charge is 0.145 e. The molecule has 0 saturated carbocycles. The number of anilines is 1. The number of hydrogen-bond acceptors (Lipinski definition) is 5. The van der Waals surface area contributed by atoms with E-state index in [0.29, 0.717) is 11.9 Å². The Kier molecular flexibility index (Phi) is 3.62. The molecule has 0 fully saturated rings. The molecule has 0 bridgehead atoms. The van der Waals surface area contributed by atoms with Gasteiger partial charge in [0, 0.05) is 17.8 Å². The van der Waals surface area contributed by atoms with Crippen LogP contribution in [0.5, 0.6) is 5.75 Å². The Balaban J connectivity index is 2.52. The fourth-order valence-corrected chi connectivity index (χ4v) is 1.83. The van der Waals surface area contributed by atoms with Crippen LogP contribution in [0.2, 0.25) is 0 Å². The van der Waals surface area contributed by atoms with Crippen LogP contribution in [0.1, 0.15) is 12.7 Å². The van der Waals surface area contributed by atoms with Crippen molar-refractivity contribution in [1.82, 2.24) is 15.3 Å². The molecule has 2 aromatic rings. The summed E-state index contributed by atoms with van der Waals surface area (Å²) in [5, 5.41) is 3.99. The summed E-state index contributed by atoms with van der Waals surface area (Å²) in [5.74, 6) is 1.95. The maximum absolute atomic E-state index is 5.97. The molecule has 0 radical (unpaired) electrons. The fraction of sp³-hybridized carbons (Fsp3) is 0.385. The largest absolute Gasteiger partial charge is 0.494 e. The Morgan fingerprint density at radius 2 is 2.17 bits per heavy atom. The number of rotatable bonds is 4. The lowest BCUT2D eigenvalue weighted by Gasteiger charge is -2.11. The standard InChI is InChI=1S/C13H18N4O/c1-8(15-2)7-11-16-12-9(13(14)17-11)5-4-6-10(12)18-3/h4-6,8,15H,7H2,1-3H3,(H2,14,16,17). The fourth-order valence-electron chi connectivity index (χ4n) is 1.83. The summed E-state index contributed by atoms with van der Waals surface area (Å²) >= 11 is 0. The average molecular weight is 246 g/mol. The van der Waals surface area contributed by atoms with E-state index in [9.17, 15) is 0 Å². The predicted molar refractivity (Wildman–Crippen MR) is 72.7 cm³/mol. The number of methoxy groups -OCH3 is 1. The maximum atomic E-state index is 5.97. The molecule has 1 unspecified atom stereocenters. The van der Waals surface area contributed by atoms with Crippen molar-refractivity contribution in [3.05, 3.63) is 24.0 Å². The van der Waals surface area contributed by atoms with Crippen LogP contribution in [0, 0.1) is 0 Å². The summed E-state index contributed by atoms with van der Waals surface area (Å²) in [6, 6.07) is 5.96. The van der Waals surface area contributed by atoms with Gasteiger partial charge in [0.1, 0.15) is 22.9 Å². The second kappa shape index (κ2) is 5.18. The lowest BCUT2D eigenvalue weighted by Crippen LogP contribution is -2.24. The molecule has 1 heterocycles. The highest BCUT2D eigenvalue weighted by Gasteiger charge is 2.11. The summed E-state index contributed by atoms with van der Waals surface area (Å²) in [4.78, 5) is 8.87. The predicted octanol–water partition coefficient (Wildman–Crippen LogP) is 1.37. The number of nitrogens with one attached hydrogen (secondary N) is 1. The van der Waals surface area contributed by atoms with Gasteiger partial charge in [-0.05, 0) is 26.1 Å². The van der Waals surface area contributed by atoms with E-state index in [1.807, 2.05) is 25.2 Å². The molecule has 0 amide bonds. The van der Waals surface area contributed by atoms with Gasteiger partial charge in [-0.15, -0.1) is 0 Å². The van der Waals surface area contributed by atoms with Gasteiger partial charge in [0.05, 0.1) is 7.11 Å². The third kappa shape index (κ3) is 2.36. The van der Waals surface area contributed by atoms with E-state index >= 15 is 0 Å². The Morgan fingerprint density at radius 3 is 2.83 bits per heavy atom. The van der Waals surface area contributed by atoms with Gasteiger partial charge in [-0.25, -0.2) is 9.97 Å². The zero-order valence-electron chi connectivity index (χ0n) is 10.9. The summed E-state index contributed by atoms with van der Waals surface area (Å²) < 4.78 is 5.31. The van der Waals surface area contributed by atoms with Crippen molar-refractivity contribution in [1.29, 1.82) is 0 Å². The number of ether oxygens (including phenoxy) is 1. The van der Waals surface area contributed by atoms with Crippen molar-refractivity contribution in [3.8, 4) is 5.75 Å². The van der Waals surface area contributed by atoms with Crippen molar-refractivity contribution in [2.75, 3.05) is 19.9 Å². The van der Waals surface area contributed by atoms with Gasteiger partial charge < -0.3 is 15.8 Å². The topological polar surface area (TPSA) is 73.1 Å².